The molecule has 0 spiro atoms. The first kappa shape index (κ1) is 19.8. The molecule has 0 radical (unpaired) electrons. The average molecular weight is 349 g/mol. The number of nitrogen functional groups attached to an aromatic ring is 1. The van der Waals surface area contributed by atoms with Gasteiger partial charge in [-0.15, -0.1) is 12.4 Å². The number of rotatable bonds is 7. The maximum absolute atomic E-state index is 12.3. The second-order valence-electron chi connectivity index (χ2n) is 5.58. The van der Waals surface area contributed by atoms with E-state index in [0.29, 0.717) is 19.4 Å². The van der Waals surface area contributed by atoms with Gasteiger partial charge < -0.3 is 15.4 Å². The van der Waals surface area contributed by atoms with E-state index in [4.69, 9.17) is 10.5 Å². The molecule has 0 bridgehead atoms. The number of likely N-dealkylation sites (N-methyl/N-ethyl adjacent to an activating group) is 1. The van der Waals surface area contributed by atoms with Crippen LogP contribution < -0.4 is 10.5 Å². The molecule has 0 atom stereocenters. The minimum Gasteiger partial charge on any atom is -0.496 e. The number of ether oxygens (including phenoxy) is 1. The van der Waals surface area contributed by atoms with Crippen molar-refractivity contribution in [3.63, 3.8) is 0 Å². The third-order valence-corrected chi connectivity index (χ3v) is 4.00. The minimum atomic E-state index is 0. The molecule has 0 aliphatic carbocycles. The summed E-state index contributed by atoms with van der Waals surface area (Å²) in [5.41, 5.74) is 8.80. The van der Waals surface area contributed by atoms with Gasteiger partial charge in [-0.2, -0.15) is 0 Å². The van der Waals surface area contributed by atoms with Crippen molar-refractivity contribution in [3.05, 3.63) is 59.7 Å². The number of nitrogens with zero attached hydrogens (tertiary/aromatic N) is 1. The van der Waals surface area contributed by atoms with Crippen molar-refractivity contribution >= 4 is 24.0 Å². The molecule has 0 aliphatic rings. The highest BCUT2D eigenvalue weighted by Gasteiger charge is 2.11. The third-order valence-electron chi connectivity index (χ3n) is 4.00. The van der Waals surface area contributed by atoms with Crippen molar-refractivity contribution in [2.24, 2.45) is 0 Å². The van der Waals surface area contributed by atoms with Crippen molar-refractivity contribution in [1.82, 2.24) is 4.90 Å². The summed E-state index contributed by atoms with van der Waals surface area (Å²) in [4.78, 5) is 14.0. The molecule has 2 N–H and O–H groups in total. The van der Waals surface area contributed by atoms with Gasteiger partial charge in [-0.05, 0) is 36.1 Å². The second kappa shape index (κ2) is 9.83. The summed E-state index contributed by atoms with van der Waals surface area (Å²) in [6.07, 6.45) is 1.92. The fourth-order valence-corrected chi connectivity index (χ4v) is 2.52. The number of carbonyl (C=O) groups is 1. The van der Waals surface area contributed by atoms with E-state index >= 15 is 0 Å². The van der Waals surface area contributed by atoms with Crippen LogP contribution in [0.1, 0.15) is 17.5 Å². The summed E-state index contributed by atoms with van der Waals surface area (Å²) < 4.78 is 5.34. The number of methoxy groups -OCH3 is 1. The van der Waals surface area contributed by atoms with Gasteiger partial charge in [0.15, 0.2) is 0 Å². The molecule has 0 fully saturated rings. The van der Waals surface area contributed by atoms with Crippen LogP contribution in [0.25, 0.3) is 0 Å². The van der Waals surface area contributed by atoms with Gasteiger partial charge >= 0.3 is 0 Å². The van der Waals surface area contributed by atoms with E-state index in [1.165, 1.54) is 0 Å². The van der Waals surface area contributed by atoms with E-state index in [1.54, 1.807) is 12.0 Å². The fraction of sp³-hybridized carbons (Fsp3) is 0.316. The van der Waals surface area contributed by atoms with Gasteiger partial charge in [0.1, 0.15) is 5.75 Å². The molecule has 24 heavy (non-hydrogen) atoms. The molecule has 2 rings (SSSR count). The van der Waals surface area contributed by atoms with Crippen LogP contribution in [-0.4, -0.2) is 31.5 Å². The first-order valence-corrected chi connectivity index (χ1v) is 7.81. The molecule has 0 aromatic heterocycles. The summed E-state index contributed by atoms with van der Waals surface area (Å²) >= 11 is 0. The van der Waals surface area contributed by atoms with E-state index < -0.39 is 0 Å². The monoisotopic (exact) mass is 348 g/mol. The van der Waals surface area contributed by atoms with E-state index in [0.717, 1.165) is 29.0 Å². The molecule has 0 saturated heterocycles. The smallest absolute Gasteiger partial charge is 0.222 e. The van der Waals surface area contributed by atoms with Crippen LogP contribution in [0.3, 0.4) is 0 Å². The molecule has 1 amide bonds. The Labute approximate surface area is 150 Å². The summed E-state index contributed by atoms with van der Waals surface area (Å²) in [5, 5.41) is 0. The molecular weight excluding hydrogens is 324 g/mol. The lowest BCUT2D eigenvalue weighted by Crippen LogP contribution is -2.29. The molecule has 2 aromatic rings. The predicted molar refractivity (Wildman–Crippen MR) is 101 cm³/mol. The van der Waals surface area contributed by atoms with E-state index in [1.807, 2.05) is 55.6 Å². The first-order chi connectivity index (χ1) is 11.1. The lowest BCUT2D eigenvalue weighted by atomic mass is 10.1. The standard InChI is InChI=1S/C19H24N2O2.ClH/c1-21(14-13-16-8-4-6-10-18(16)23-2)19(22)12-11-15-7-3-5-9-17(15)20;/h3-10H,11-14,20H2,1-2H3;1H. The zero-order valence-corrected chi connectivity index (χ0v) is 15.0. The summed E-state index contributed by atoms with van der Waals surface area (Å²) in [6.45, 7) is 0.670. The largest absolute Gasteiger partial charge is 0.496 e. The Morgan fingerprint density at radius 1 is 1.04 bits per heavy atom. The van der Waals surface area contributed by atoms with Crippen molar-refractivity contribution < 1.29 is 9.53 Å². The zero-order chi connectivity index (χ0) is 16.7. The maximum atomic E-state index is 12.3. The van der Waals surface area contributed by atoms with E-state index in [9.17, 15) is 4.79 Å². The Morgan fingerprint density at radius 2 is 1.67 bits per heavy atom. The number of benzene rings is 2. The van der Waals surface area contributed by atoms with Crippen LogP contribution in [0.15, 0.2) is 48.5 Å². The van der Waals surface area contributed by atoms with Gasteiger partial charge in [-0.1, -0.05) is 36.4 Å². The van der Waals surface area contributed by atoms with Gasteiger partial charge in [0.25, 0.3) is 0 Å². The van der Waals surface area contributed by atoms with Gasteiger partial charge in [0.2, 0.25) is 5.91 Å². The number of carbonyl (C=O) groups excluding carboxylic acids is 1. The Hall–Kier alpha value is -2.20. The van der Waals surface area contributed by atoms with Crippen LogP contribution in [0.5, 0.6) is 5.75 Å². The fourth-order valence-electron chi connectivity index (χ4n) is 2.52. The van der Waals surface area contributed by atoms with Crippen molar-refractivity contribution in [1.29, 1.82) is 0 Å². The van der Waals surface area contributed by atoms with E-state index in [2.05, 4.69) is 0 Å². The summed E-state index contributed by atoms with van der Waals surface area (Å²) in [5.74, 6) is 0.994. The zero-order valence-electron chi connectivity index (χ0n) is 14.2. The predicted octanol–water partition coefficient (Wildman–Crippen LogP) is 3.33. The van der Waals surface area contributed by atoms with Crippen LogP contribution in [-0.2, 0) is 17.6 Å². The molecule has 5 heteroatoms. The number of amides is 1. The molecule has 0 aliphatic heterocycles. The Bertz CT molecular complexity index is 661. The van der Waals surface area contributed by atoms with Crippen molar-refractivity contribution in [2.45, 2.75) is 19.3 Å². The molecule has 2 aromatic carbocycles. The highest BCUT2D eigenvalue weighted by Crippen LogP contribution is 2.18. The maximum Gasteiger partial charge on any atom is 0.222 e. The van der Waals surface area contributed by atoms with E-state index in [-0.39, 0.29) is 18.3 Å². The van der Waals surface area contributed by atoms with Crippen molar-refractivity contribution in [3.8, 4) is 5.75 Å². The number of hydrogen-bond acceptors (Lipinski definition) is 3. The second-order valence-corrected chi connectivity index (χ2v) is 5.58. The number of para-hydroxylation sites is 2. The third kappa shape index (κ3) is 5.46. The molecule has 0 unspecified atom stereocenters. The Balaban J connectivity index is 0.00000288. The number of hydrogen-bond donors (Lipinski definition) is 1. The van der Waals surface area contributed by atoms with Crippen LogP contribution in [0, 0.1) is 0 Å². The van der Waals surface area contributed by atoms with Crippen molar-refractivity contribution in [2.75, 3.05) is 26.4 Å². The lowest BCUT2D eigenvalue weighted by molar-refractivity contribution is -0.129. The molecule has 4 nitrogen and oxygen atoms in total. The summed E-state index contributed by atoms with van der Waals surface area (Å²) in [7, 11) is 3.50. The SMILES string of the molecule is COc1ccccc1CCN(C)C(=O)CCc1ccccc1N.Cl. The van der Waals surface area contributed by atoms with Gasteiger partial charge in [0.05, 0.1) is 7.11 Å². The first-order valence-electron chi connectivity index (χ1n) is 7.81. The highest BCUT2D eigenvalue weighted by molar-refractivity contribution is 5.85. The average Bonchev–Trinajstić information content (AvgIpc) is 2.58. The highest BCUT2D eigenvalue weighted by atomic mass is 35.5. The van der Waals surface area contributed by atoms with Crippen LogP contribution in [0.2, 0.25) is 0 Å². The van der Waals surface area contributed by atoms with Crippen LogP contribution >= 0.6 is 12.4 Å². The normalized spacial score (nSPS) is 9.92. The molecular formula is C19H25ClN2O2. The van der Waals surface area contributed by atoms with Gasteiger partial charge in [-0.25, -0.2) is 0 Å². The molecule has 0 saturated carbocycles. The molecule has 130 valence electrons. The minimum absolute atomic E-state index is 0. The number of halogens is 1. The lowest BCUT2D eigenvalue weighted by Gasteiger charge is -2.18. The quantitative estimate of drug-likeness (QED) is 0.781. The number of anilines is 1. The number of nitrogens with two attached hydrogens (primary N) is 1. The Morgan fingerprint density at radius 3 is 2.33 bits per heavy atom. The van der Waals surface area contributed by atoms with Crippen LogP contribution in [0.4, 0.5) is 5.69 Å². The van der Waals surface area contributed by atoms with Gasteiger partial charge in [-0.3, -0.25) is 4.79 Å². The van der Waals surface area contributed by atoms with Gasteiger partial charge in [0, 0.05) is 25.7 Å². The topological polar surface area (TPSA) is 55.6 Å². The molecule has 0 heterocycles. The Kier molecular flexibility index (Phi) is 8.13. The summed E-state index contributed by atoms with van der Waals surface area (Å²) in [6, 6.07) is 15.6. The number of aryl methyl sites for hydroxylation is 1.